The number of nitrogens with one attached hydrogen (secondary N) is 2. The summed E-state index contributed by atoms with van der Waals surface area (Å²) in [6, 6.07) is 8.56. The number of likely N-dealkylation sites (N-methyl/N-ethyl adjacent to an activating group) is 1. The second-order valence-corrected chi connectivity index (χ2v) is 6.75. The maximum atomic E-state index is 5.28. The van der Waals surface area contributed by atoms with Crippen molar-refractivity contribution in [2.75, 3.05) is 52.9 Å². The van der Waals surface area contributed by atoms with Crippen LogP contribution in [0.5, 0.6) is 5.75 Å². The highest BCUT2D eigenvalue weighted by atomic mass is 16.5. The van der Waals surface area contributed by atoms with Gasteiger partial charge in [0, 0.05) is 45.3 Å². The van der Waals surface area contributed by atoms with Crippen molar-refractivity contribution in [2.45, 2.75) is 33.4 Å². The Bertz CT molecular complexity index is 555. The van der Waals surface area contributed by atoms with E-state index in [0.29, 0.717) is 12.6 Å². The van der Waals surface area contributed by atoms with Crippen LogP contribution in [0.3, 0.4) is 0 Å². The summed E-state index contributed by atoms with van der Waals surface area (Å²) in [5.74, 6) is 1.74. The van der Waals surface area contributed by atoms with Crippen molar-refractivity contribution >= 4 is 5.96 Å². The van der Waals surface area contributed by atoms with Gasteiger partial charge in [0.05, 0.1) is 13.7 Å². The SMILES string of the molecule is CCNC(=NCc1cccc(OC)c1)NCC(C)N1CCN(CC)CC1. The molecule has 2 N–H and O–H groups in total. The van der Waals surface area contributed by atoms with Crippen LogP contribution in [-0.4, -0.2) is 74.7 Å². The van der Waals surface area contributed by atoms with Crippen molar-refractivity contribution in [3.63, 3.8) is 0 Å². The zero-order valence-electron chi connectivity index (χ0n) is 16.8. The molecule has 0 amide bonds. The first-order chi connectivity index (χ1) is 12.7. The average Bonchev–Trinajstić information content (AvgIpc) is 2.70. The molecule has 0 aliphatic carbocycles. The Morgan fingerprint density at radius 1 is 1.19 bits per heavy atom. The highest BCUT2D eigenvalue weighted by molar-refractivity contribution is 5.79. The highest BCUT2D eigenvalue weighted by Crippen LogP contribution is 2.13. The van der Waals surface area contributed by atoms with E-state index < -0.39 is 0 Å². The Labute approximate surface area is 158 Å². The van der Waals surface area contributed by atoms with Crippen LogP contribution in [0.1, 0.15) is 26.3 Å². The van der Waals surface area contributed by atoms with Crippen LogP contribution in [0.15, 0.2) is 29.3 Å². The predicted molar refractivity (Wildman–Crippen MR) is 109 cm³/mol. The molecule has 146 valence electrons. The van der Waals surface area contributed by atoms with Gasteiger partial charge in [-0.15, -0.1) is 0 Å². The lowest BCUT2D eigenvalue weighted by molar-refractivity contribution is 0.107. The molecule has 0 spiro atoms. The first kappa shape index (κ1) is 20.5. The zero-order valence-corrected chi connectivity index (χ0v) is 16.8. The van der Waals surface area contributed by atoms with E-state index in [-0.39, 0.29) is 0 Å². The third kappa shape index (κ3) is 6.50. The van der Waals surface area contributed by atoms with Crippen LogP contribution < -0.4 is 15.4 Å². The zero-order chi connectivity index (χ0) is 18.8. The van der Waals surface area contributed by atoms with Gasteiger partial charge in [-0.2, -0.15) is 0 Å². The summed E-state index contributed by atoms with van der Waals surface area (Å²) in [6.45, 7) is 14.8. The minimum atomic E-state index is 0.495. The van der Waals surface area contributed by atoms with E-state index in [1.54, 1.807) is 7.11 Å². The first-order valence-corrected chi connectivity index (χ1v) is 9.77. The number of ether oxygens (including phenoxy) is 1. The van der Waals surface area contributed by atoms with E-state index in [2.05, 4.69) is 47.3 Å². The third-order valence-electron chi connectivity index (χ3n) is 4.94. The van der Waals surface area contributed by atoms with E-state index in [0.717, 1.165) is 50.0 Å². The molecule has 1 atom stereocenters. The Morgan fingerprint density at radius 2 is 1.96 bits per heavy atom. The van der Waals surface area contributed by atoms with Crippen molar-refractivity contribution in [3.8, 4) is 5.75 Å². The number of piperazine rings is 1. The number of hydrogen-bond acceptors (Lipinski definition) is 4. The Balaban J connectivity index is 1.84. The van der Waals surface area contributed by atoms with Gasteiger partial charge in [0.15, 0.2) is 5.96 Å². The van der Waals surface area contributed by atoms with Crippen LogP contribution in [-0.2, 0) is 6.54 Å². The minimum absolute atomic E-state index is 0.495. The maximum Gasteiger partial charge on any atom is 0.191 e. The minimum Gasteiger partial charge on any atom is -0.497 e. The summed E-state index contributed by atoms with van der Waals surface area (Å²) in [6.07, 6.45) is 0. The van der Waals surface area contributed by atoms with Gasteiger partial charge in [0.25, 0.3) is 0 Å². The molecule has 0 saturated carbocycles. The molecule has 0 bridgehead atoms. The third-order valence-corrected chi connectivity index (χ3v) is 4.94. The molecule has 1 saturated heterocycles. The number of aliphatic imine (C=N–C) groups is 1. The van der Waals surface area contributed by atoms with Crippen molar-refractivity contribution in [3.05, 3.63) is 29.8 Å². The van der Waals surface area contributed by atoms with Crippen LogP contribution >= 0.6 is 0 Å². The summed E-state index contributed by atoms with van der Waals surface area (Å²) >= 11 is 0. The molecular formula is C20H35N5O. The molecule has 2 rings (SSSR count). The van der Waals surface area contributed by atoms with E-state index in [9.17, 15) is 0 Å². The standard InChI is InChI=1S/C20H35N5O/c1-5-21-20(23-16-18-8-7-9-19(14-18)26-4)22-15-17(3)25-12-10-24(6-2)11-13-25/h7-9,14,17H,5-6,10-13,15-16H2,1-4H3,(H2,21,22,23). The Kier molecular flexibility index (Phi) is 8.71. The summed E-state index contributed by atoms with van der Waals surface area (Å²) < 4.78 is 5.28. The van der Waals surface area contributed by atoms with Gasteiger partial charge in [-0.3, -0.25) is 4.90 Å². The number of hydrogen-bond donors (Lipinski definition) is 2. The molecule has 26 heavy (non-hydrogen) atoms. The topological polar surface area (TPSA) is 52.1 Å². The number of nitrogens with zero attached hydrogens (tertiary/aromatic N) is 3. The molecule has 1 aromatic rings. The average molecular weight is 362 g/mol. The number of guanidine groups is 1. The van der Waals surface area contributed by atoms with Crippen LogP contribution in [0.2, 0.25) is 0 Å². The normalized spacial score (nSPS) is 17.8. The van der Waals surface area contributed by atoms with E-state index in [1.807, 2.05) is 18.2 Å². The van der Waals surface area contributed by atoms with Crippen LogP contribution in [0.25, 0.3) is 0 Å². The number of benzene rings is 1. The van der Waals surface area contributed by atoms with E-state index in [1.165, 1.54) is 13.1 Å². The monoisotopic (exact) mass is 361 g/mol. The van der Waals surface area contributed by atoms with Gasteiger partial charge < -0.3 is 20.3 Å². The molecule has 0 radical (unpaired) electrons. The van der Waals surface area contributed by atoms with Crippen molar-refractivity contribution in [1.82, 2.24) is 20.4 Å². The first-order valence-electron chi connectivity index (χ1n) is 9.77. The smallest absolute Gasteiger partial charge is 0.191 e. The molecule has 0 aromatic heterocycles. The Morgan fingerprint density at radius 3 is 2.62 bits per heavy atom. The quantitative estimate of drug-likeness (QED) is 0.546. The van der Waals surface area contributed by atoms with Gasteiger partial charge in [-0.05, 0) is 38.1 Å². The second-order valence-electron chi connectivity index (χ2n) is 6.75. The van der Waals surface area contributed by atoms with Crippen molar-refractivity contribution in [1.29, 1.82) is 0 Å². The number of rotatable bonds is 8. The summed E-state index contributed by atoms with van der Waals surface area (Å²) in [4.78, 5) is 9.78. The lowest BCUT2D eigenvalue weighted by Crippen LogP contribution is -2.53. The molecule has 1 heterocycles. The van der Waals surface area contributed by atoms with Crippen LogP contribution in [0, 0.1) is 0 Å². The fourth-order valence-electron chi connectivity index (χ4n) is 3.18. The largest absolute Gasteiger partial charge is 0.497 e. The van der Waals surface area contributed by atoms with Gasteiger partial charge in [0.1, 0.15) is 5.75 Å². The molecular weight excluding hydrogens is 326 g/mol. The molecule has 6 heteroatoms. The lowest BCUT2D eigenvalue weighted by atomic mass is 10.2. The molecule has 1 unspecified atom stereocenters. The summed E-state index contributed by atoms with van der Waals surface area (Å²) in [7, 11) is 1.69. The van der Waals surface area contributed by atoms with Gasteiger partial charge in [0.2, 0.25) is 0 Å². The molecule has 1 aliphatic heterocycles. The molecule has 1 fully saturated rings. The van der Waals surface area contributed by atoms with Gasteiger partial charge in [-0.25, -0.2) is 4.99 Å². The summed E-state index contributed by atoms with van der Waals surface area (Å²) in [5, 5.41) is 6.83. The summed E-state index contributed by atoms with van der Waals surface area (Å²) in [5.41, 5.74) is 1.14. The van der Waals surface area contributed by atoms with Gasteiger partial charge >= 0.3 is 0 Å². The highest BCUT2D eigenvalue weighted by Gasteiger charge is 2.20. The van der Waals surface area contributed by atoms with Crippen molar-refractivity contribution < 1.29 is 4.74 Å². The second kappa shape index (κ2) is 11.0. The van der Waals surface area contributed by atoms with E-state index >= 15 is 0 Å². The van der Waals surface area contributed by atoms with Crippen LogP contribution in [0.4, 0.5) is 0 Å². The Hall–Kier alpha value is -1.79. The fraction of sp³-hybridized carbons (Fsp3) is 0.650. The molecule has 1 aliphatic rings. The lowest BCUT2D eigenvalue weighted by Gasteiger charge is -2.37. The maximum absolute atomic E-state index is 5.28. The van der Waals surface area contributed by atoms with Gasteiger partial charge in [-0.1, -0.05) is 19.1 Å². The van der Waals surface area contributed by atoms with E-state index in [4.69, 9.17) is 9.73 Å². The molecule has 1 aromatic carbocycles. The molecule has 6 nitrogen and oxygen atoms in total. The fourth-order valence-corrected chi connectivity index (χ4v) is 3.18. The van der Waals surface area contributed by atoms with Crippen molar-refractivity contribution in [2.24, 2.45) is 4.99 Å². The predicted octanol–water partition coefficient (Wildman–Crippen LogP) is 1.78. The number of methoxy groups -OCH3 is 1.